The Morgan fingerprint density at radius 3 is 2.20 bits per heavy atom. The Labute approximate surface area is 263 Å². The number of terminal acetylenes is 1. The Bertz CT molecular complexity index is 1230. The molecule has 1 rings (SSSR count). The lowest BCUT2D eigenvalue weighted by Crippen LogP contribution is -2.59. The van der Waals surface area contributed by atoms with E-state index < -0.39 is 51.2 Å². The van der Waals surface area contributed by atoms with Gasteiger partial charge in [-0.1, -0.05) is 54.2 Å². The molecule has 4 N–H and O–H groups in total. The first-order valence-corrected chi connectivity index (χ1v) is 16.6. The number of likely N-dealkylation sites (N-methyl/N-ethyl adjacent to an activating group) is 1. The summed E-state index contributed by atoms with van der Waals surface area (Å²) in [4.78, 5) is 54.0. The minimum Gasteiger partial charge on any atom is -0.368 e. The second kappa shape index (κ2) is 16.1. The summed E-state index contributed by atoms with van der Waals surface area (Å²) in [5.74, 6) is 0.222. The molecule has 0 aromatic heterocycles. The molecule has 13 heteroatoms. The molecule has 1 saturated heterocycles. The van der Waals surface area contributed by atoms with E-state index in [0.29, 0.717) is 25.2 Å². The van der Waals surface area contributed by atoms with Gasteiger partial charge in [0.2, 0.25) is 27.6 Å². The molecule has 44 heavy (non-hydrogen) atoms. The third-order valence-electron chi connectivity index (χ3n) is 7.51. The Balaban J connectivity index is 3.16. The number of hydrogen-bond donors (Lipinski definition) is 4. The van der Waals surface area contributed by atoms with Gasteiger partial charge in [-0.25, -0.2) is 12.7 Å². The monoisotopic (exact) mass is 636 g/mol. The van der Waals surface area contributed by atoms with Gasteiger partial charge in [0, 0.05) is 39.1 Å². The van der Waals surface area contributed by atoms with Crippen LogP contribution in [-0.2, 0) is 29.2 Å². The first-order valence-electron chi connectivity index (χ1n) is 14.8. The average molecular weight is 637 g/mol. The van der Waals surface area contributed by atoms with E-state index in [4.69, 9.17) is 6.42 Å². The van der Waals surface area contributed by atoms with Gasteiger partial charge in [0.25, 0.3) is 5.91 Å². The molecule has 1 aliphatic rings. The highest BCUT2D eigenvalue weighted by molar-refractivity contribution is 7.88. The quantitative estimate of drug-likeness (QED) is 0.112. The molecule has 0 aromatic carbocycles. The lowest BCUT2D eigenvalue weighted by Gasteiger charge is -2.39. The highest BCUT2D eigenvalue weighted by Crippen LogP contribution is 2.27. The van der Waals surface area contributed by atoms with Gasteiger partial charge >= 0.3 is 0 Å². The lowest BCUT2D eigenvalue weighted by atomic mass is 9.85. The second-order valence-corrected chi connectivity index (χ2v) is 15.5. The fourth-order valence-electron chi connectivity index (χ4n) is 4.65. The van der Waals surface area contributed by atoms with Crippen molar-refractivity contribution in [2.45, 2.75) is 91.4 Å². The number of rotatable bonds is 16. The van der Waals surface area contributed by atoms with Crippen molar-refractivity contribution >= 4 is 33.5 Å². The average Bonchev–Trinajstić information content (AvgIpc) is 3.40. The number of hydrogen-bond acceptors (Lipinski definition) is 8. The summed E-state index contributed by atoms with van der Waals surface area (Å²) >= 11 is 0. The van der Waals surface area contributed by atoms with Crippen LogP contribution in [0.25, 0.3) is 0 Å². The number of carbonyl (C=O) groups excluding carboxylic acids is 4. The van der Waals surface area contributed by atoms with Gasteiger partial charge in [0.1, 0.15) is 12.1 Å². The van der Waals surface area contributed by atoms with Gasteiger partial charge in [-0.15, -0.1) is 18.9 Å². The third kappa shape index (κ3) is 11.6. The molecule has 1 heterocycles. The van der Waals surface area contributed by atoms with Crippen molar-refractivity contribution in [2.75, 3.05) is 32.9 Å². The number of likely N-dealkylation sites (tertiary alicyclic amines) is 1. The largest absolute Gasteiger partial charge is 0.368 e. The van der Waals surface area contributed by atoms with E-state index in [1.54, 1.807) is 0 Å². The van der Waals surface area contributed by atoms with Gasteiger partial charge in [-0.3, -0.25) is 19.2 Å². The number of amides is 3. The maximum Gasteiger partial charge on any atom is 0.289 e. The molecule has 12 nitrogen and oxygen atoms in total. The first kappa shape index (κ1) is 38.7. The van der Waals surface area contributed by atoms with E-state index in [0.717, 1.165) is 6.26 Å². The maximum atomic E-state index is 14.0. The number of carbonyl (C=O) groups is 4. The van der Waals surface area contributed by atoms with Crippen LogP contribution in [0.5, 0.6) is 0 Å². The van der Waals surface area contributed by atoms with Crippen molar-refractivity contribution in [3.63, 3.8) is 0 Å². The van der Waals surface area contributed by atoms with Gasteiger partial charge in [-0.05, 0) is 30.1 Å². The van der Waals surface area contributed by atoms with Crippen LogP contribution >= 0.6 is 0 Å². The van der Waals surface area contributed by atoms with E-state index in [-0.39, 0.29) is 43.3 Å². The van der Waals surface area contributed by atoms with Crippen LogP contribution in [0.4, 0.5) is 0 Å². The topological polar surface area (TPSA) is 157 Å². The standard InChI is InChI=1S/C31H52N6O6S/c1-12-14-16-22(25(38)28(40)32-18-13-2)35-27(39)23-17-15-19-37(23)29(41)26(31(7,8)9)34-21(3)33-24(30(4,5)6)20-36(10)44(11,42)43/h1,13,22-24,26,33-34H,2-3,14-20H2,4-11H3,(H,32,40)(H,35,39). The van der Waals surface area contributed by atoms with E-state index in [1.807, 2.05) is 41.5 Å². The van der Waals surface area contributed by atoms with Crippen molar-refractivity contribution in [3.8, 4) is 12.3 Å². The maximum absolute atomic E-state index is 14.0. The molecule has 0 aromatic rings. The molecule has 4 atom stereocenters. The number of nitrogens with zero attached hydrogens (tertiary/aromatic N) is 2. The van der Waals surface area contributed by atoms with E-state index in [1.165, 1.54) is 22.3 Å². The van der Waals surface area contributed by atoms with Crippen LogP contribution in [-0.4, -0.2) is 98.2 Å². The van der Waals surface area contributed by atoms with E-state index in [2.05, 4.69) is 40.3 Å². The number of ketones is 1. The number of nitrogens with one attached hydrogen (secondary N) is 4. The molecule has 1 aliphatic heterocycles. The molecule has 0 saturated carbocycles. The normalized spacial score (nSPS) is 17.5. The molecule has 1 fully saturated rings. The van der Waals surface area contributed by atoms with Crippen LogP contribution in [0.2, 0.25) is 0 Å². The van der Waals surface area contributed by atoms with Gasteiger partial charge in [0.05, 0.1) is 18.1 Å². The molecule has 248 valence electrons. The van der Waals surface area contributed by atoms with Gasteiger partial charge in [0.15, 0.2) is 0 Å². The SMILES string of the molecule is C#CCCC(NC(=O)C1CCCN1C(=O)C(NC(=C)NC(CN(C)S(C)(=O)=O)C(C)(C)C)C(C)(C)C)C(=O)C(=O)NCC=C. The fourth-order valence-corrected chi connectivity index (χ4v) is 5.07. The summed E-state index contributed by atoms with van der Waals surface area (Å²) in [6.07, 6.45) is 9.14. The fraction of sp³-hybridized carbons (Fsp3) is 0.677. The first-order chi connectivity index (χ1) is 20.1. The summed E-state index contributed by atoms with van der Waals surface area (Å²) in [5, 5.41) is 11.5. The third-order valence-corrected chi connectivity index (χ3v) is 8.79. The summed E-state index contributed by atoms with van der Waals surface area (Å²) in [5.41, 5.74) is -0.973. The zero-order chi connectivity index (χ0) is 34.0. The molecular weight excluding hydrogens is 584 g/mol. The van der Waals surface area contributed by atoms with Crippen LogP contribution in [0.15, 0.2) is 25.1 Å². The molecule has 0 aliphatic carbocycles. The Morgan fingerprint density at radius 2 is 1.70 bits per heavy atom. The van der Waals surface area contributed by atoms with Crippen molar-refractivity contribution in [1.82, 2.24) is 30.5 Å². The van der Waals surface area contributed by atoms with Crippen molar-refractivity contribution in [2.24, 2.45) is 10.8 Å². The lowest BCUT2D eigenvalue weighted by molar-refractivity contribution is -0.143. The minimum absolute atomic E-state index is 0.0738. The smallest absolute Gasteiger partial charge is 0.289 e. The molecule has 3 amide bonds. The molecule has 0 spiro atoms. The van der Waals surface area contributed by atoms with Crippen molar-refractivity contribution < 1.29 is 27.6 Å². The highest BCUT2D eigenvalue weighted by atomic mass is 32.2. The van der Waals surface area contributed by atoms with Gasteiger partial charge < -0.3 is 26.2 Å². The minimum atomic E-state index is -3.42. The predicted molar refractivity (Wildman–Crippen MR) is 172 cm³/mol. The van der Waals surface area contributed by atoms with Gasteiger partial charge in [-0.2, -0.15) is 0 Å². The van der Waals surface area contributed by atoms with Crippen LogP contribution in [0, 0.1) is 23.2 Å². The van der Waals surface area contributed by atoms with Crippen LogP contribution < -0.4 is 21.3 Å². The van der Waals surface area contributed by atoms with Crippen molar-refractivity contribution in [3.05, 3.63) is 25.1 Å². The van der Waals surface area contributed by atoms with E-state index >= 15 is 0 Å². The Kier molecular flexibility index (Phi) is 14.1. The molecule has 0 bridgehead atoms. The molecule has 4 unspecified atom stereocenters. The van der Waals surface area contributed by atoms with Crippen LogP contribution in [0.1, 0.15) is 67.2 Å². The second-order valence-electron chi connectivity index (χ2n) is 13.4. The number of sulfonamides is 1. The van der Waals surface area contributed by atoms with E-state index in [9.17, 15) is 27.6 Å². The summed E-state index contributed by atoms with van der Waals surface area (Å²) in [6, 6.07) is -3.13. The Morgan fingerprint density at radius 1 is 1.09 bits per heavy atom. The van der Waals surface area contributed by atoms with Crippen LogP contribution in [0.3, 0.4) is 0 Å². The summed E-state index contributed by atoms with van der Waals surface area (Å²) in [6.45, 7) is 19.8. The number of Topliss-reactive ketones (excluding diaryl/α,β-unsaturated/α-hetero) is 1. The summed E-state index contributed by atoms with van der Waals surface area (Å²) < 4.78 is 25.4. The van der Waals surface area contributed by atoms with Crippen molar-refractivity contribution in [1.29, 1.82) is 0 Å². The summed E-state index contributed by atoms with van der Waals surface area (Å²) in [7, 11) is -1.92. The Hall–Kier alpha value is -3.37. The molecule has 0 radical (unpaired) electrons. The predicted octanol–water partition coefficient (Wildman–Crippen LogP) is 1.12. The molecular formula is C31H52N6O6S. The zero-order valence-electron chi connectivity index (χ0n) is 27.6. The zero-order valence-corrected chi connectivity index (χ0v) is 28.4. The highest BCUT2D eigenvalue weighted by Gasteiger charge is 2.42.